The van der Waals surface area contributed by atoms with Crippen LogP contribution in [0.25, 0.3) is 0 Å². The first-order valence-corrected chi connectivity index (χ1v) is 13.9. The number of benzene rings is 1. The van der Waals surface area contributed by atoms with Crippen molar-refractivity contribution in [2.45, 2.75) is 32.3 Å². The highest BCUT2D eigenvalue weighted by Gasteiger charge is 2.36. The van der Waals surface area contributed by atoms with Gasteiger partial charge in [0.1, 0.15) is 17.2 Å². The summed E-state index contributed by atoms with van der Waals surface area (Å²) in [5, 5.41) is 7.91. The number of pyridine rings is 1. The Morgan fingerprint density at radius 3 is 2.25 bits per heavy atom. The van der Waals surface area contributed by atoms with Gasteiger partial charge in [0.25, 0.3) is 5.91 Å². The molecule has 0 saturated carbocycles. The van der Waals surface area contributed by atoms with Gasteiger partial charge in [-0.25, -0.2) is 27.1 Å². The van der Waals surface area contributed by atoms with E-state index < -0.39 is 49.5 Å². The number of ether oxygens (including phenoxy) is 1. The van der Waals surface area contributed by atoms with Gasteiger partial charge in [-0.05, 0) is 29.3 Å². The summed E-state index contributed by atoms with van der Waals surface area (Å²) in [5.74, 6) is -4.44. The number of carbonyl (C=O) groups excluding carboxylic acids is 3. The van der Waals surface area contributed by atoms with Crippen molar-refractivity contribution in [1.29, 1.82) is 0 Å². The van der Waals surface area contributed by atoms with Crippen molar-refractivity contribution < 1.29 is 36.3 Å². The Morgan fingerprint density at radius 2 is 1.68 bits per heavy atom. The van der Waals surface area contributed by atoms with Crippen LogP contribution in [0.3, 0.4) is 0 Å². The molecular weight excluding hydrogens is 572 g/mol. The fraction of sp³-hybridized carbons (Fsp3) is 0.360. The molecule has 214 valence electrons. The van der Waals surface area contributed by atoms with Crippen LogP contribution in [0.5, 0.6) is 0 Å². The number of hydrogen-bond acceptors (Lipinski definition) is 7. The van der Waals surface area contributed by atoms with Gasteiger partial charge in [0.2, 0.25) is 15.9 Å². The third kappa shape index (κ3) is 6.08. The predicted molar refractivity (Wildman–Crippen MR) is 140 cm³/mol. The molecule has 3 amide bonds. The minimum atomic E-state index is -4.51. The molecule has 0 unspecified atom stereocenters. The number of nitrogens with two attached hydrogens (primary N) is 1. The van der Waals surface area contributed by atoms with Crippen LogP contribution in [-0.4, -0.2) is 67.3 Å². The van der Waals surface area contributed by atoms with Gasteiger partial charge in [-0.2, -0.15) is 0 Å². The third-order valence-electron chi connectivity index (χ3n) is 6.35. The lowest BCUT2D eigenvalue weighted by Crippen LogP contribution is -2.37. The molecule has 0 atom stereocenters. The predicted octanol–water partition coefficient (Wildman–Crippen LogP) is 3.05. The standard InChI is InChI=1S/C25H26ClF2N5O6S/c1-25(2,3)23(35)31-17-6-15(26)7-30-18(17)12-39-24(36)33-10-13-8-32(9-14(13)11-33)22(34)16-4-5-19(40(29,37)38)21(28)20(16)27/h4-7H,8-12H2,1-3H3,(H,31,35)(H2,29,37,38). The van der Waals surface area contributed by atoms with E-state index in [0.717, 1.165) is 23.3 Å². The Hall–Kier alpha value is -3.62. The Bertz CT molecular complexity index is 1540. The number of rotatable bonds is 5. The summed E-state index contributed by atoms with van der Waals surface area (Å²) in [6.07, 6.45) is 0.718. The van der Waals surface area contributed by atoms with E-state index in [4.69, 9.17) is 21.5 Å². The van der Waals surface area contributed by atoms with E-state index in [2.05, 4.69) is 10.3 Å². The van der Waals surface area contributed by atoms with Crippen molar-refractivity contribution in [3.8, 4) is 0 Å². The molecule has 0 saturated heterocycles. The Balaban J connectivity index is 1.36. The third-order valence-corrected chi connectivity index (χ3v) is 7.49. The van der Waals surface area contributed by atoms with Crippen LogP contribution in [0.15, 0.2) is 40.4 Å². The lowest BCUT2D eigenvalue weighted by atomic mass is 9.95. The maximum Gasteiger partial charge on any atom is 0.410 e. The lowest BCUT2D eigenvalue weighted by Gasteiger charge is -2.23. The molecule has 0 aliphatic carbocycles. The molecule has 2 aromatic rings. The Kier molecular flexibility index (Phi) is 7.89. The quantitative estimate of drug-likeness (QED) is 0.503. The summed E-state index contributed by atoms with van der Waals surface area (Å²) >= 11 is 6.02. The van der Waals surface area contributed by atoms with Crippen LogP contribution in [0.1, 0.15) is 36.8 Å². The summed E-state index contributed by atoms with van der Waals surface area (Å²) < 4.78 is 56.9. The van der Waals surface area contributed by atoms with E-state index in [-0.39, 0.29) is 38.7 Å². The van der Waals surface area contributed by atoms with E-state index in [0.29, 0.717) is 16.4 Å². The second-order valence-electron chi connectivity index (χ2n) is 10.4. The maximum absolute atomic E-state index is 14.5. The molecule has 1 aromatic heterocycles. The number of anilines is 1. The van der Waals surface area contributed by atoms with Crippen LogP contribution in [-0.2, 0) is 26.2 Å². The number of primary sulfonamides is 1. The first-order valence-electron chi connectivity index (χ1n) is 11.9. The van der Waals surface area contributed by atoms with Crippen LogP contribution in [0.2, 0.25) is 5.02 Å². The molecule has 0 spiro atoms. The van der Waals surface area contributed by atoms with Crippen molar-refractivity contribution >= 4 is 45.2 Å². The van der Waals surface area contributed by atoms with Crippen molar-refractivity contribution in [3.63, 3.8) is 0 Å². The van der Waals surface area contributed by atoms with Crippen LogP contribution in [0.4, 0.5) is 19.3 Å². The van der Waals surface area contributed by atoms with Gasteiger partial charge >= 0.3 is 6.09 Å². The van der Waals surface area contributed by atoms with Crippen LogP contribution in [0, 0.1) is 17.0 Å². The van der Waals surface area contributed by atoms with E-state index in [1.807, 2.05) is 0 Å². The zero-order valence-electron chi connectivity index (χ0n) is 21.8. The van der Waals surface area contributed by atoms with Crippen molar-refractivity contribution in [3.05, 3.63) is 63.5 Å². The van der Waals surface area contributed by atoms with Crippen LogP contribution < -0.4 is 10.5 Å². The van der Waals surface area contributed by atoms with E-state index in [1.165, 1.54) is 22.1 Å². The first-order chi connectivity index (χ1) is 18.6. The van der Waals surface area contributed by atoms with Gasteiger partial charge in [0, 0.05) is 37.8 Å². The molecule has 3 N–H and O–H groups in total. The number of hydrogen-bond donors (Lipinski definition) is 2. The summed E-state index contributed by atoms with van der Waals surface area (Å²) in [7, 11) is -4.51. The topological polar surface area (TPSA) is 152 Å². The van der Waals surface area contributed by atoms with Crippen molar-refractivity contribution in [2.24, 2.45) is 10.6 Å². The Morgan fingerprint density at radius 1 is 1.07 bits per heavy atom. The maximum atomic E-state index is 14.5. The summed E-state index contributed by atoms with van der Waals surface area (Å²) in [5.41, 5.74) is 0.797. The Labute approximate surface area is 234 Å². The monoisotopic (exact) mass is 597 g/mol. The molecule has 1 aromatic carbocycles. The molecular formula is C25H26ClF2N5O6S. The molecule has 40 heavy (non-hydrogen) atoms. The molecule has 15 heteroatoms. The molecule has 0 bridgehead atoms. The van der Waals surface area contributed by atoms with Gasteiger partial charge in [-0.3, -0.25) is 14.6 Å². The highest BCUT2D eigenvalue weighted by atomic mass is 35.5. The zero-order valence-corrected chi connectivity index (χ0v) is 23.3. The fourth-order valence-corrected chi connectivity index (χ4v) is 4.92. The lowest BCUT2D eigenvalue weighted by molar-refractivity contribution is -0.123. The summed E-state index contributed by atoms with van der Waals surface area (Å²) in [6.45, 7) is 5.44. The normalized spacial score (nSPS) is 15.4. The molecule has 0 fully saturated rings. The SMILES string of the molecule is CC(C)(C)C(=O)Nc1cc(Cl)cnc1COC(=O)N1CC2=C(C1)CN(C(=O)c1ccc(S(N)(=O)=O)c(F)c1F)C2. The second kappa shape index (κ2) is 10.7. The number of halogens is 3. The van der Waals surface area contributed by atoms with Crippen molar-refractivity contribution in [2.75, 3.05) is 31.5 Å². The highest BCUT2D eigenvalue weighted by molar-refractivity contribution is 7.89. The van der Waals surface area contributed by atoms with E-state index in [1.54, 1.807) is 20.8 Å². The molecule has 0 radical (unpaired) electrons. The van der Waals surface area contributed by atoms with Crippen LogP contribution >= 0.6 is 11.6 Å². The van der Waals surface area contributed by atoms with Gasteiger partial charge < -0.3 is 19.9 Å². The fourth-order valence-electron chi connectivity index (χ4n) is 4.16. The van der Waals surface area contributed by atoms with E-state index in [9.17, 15) is 31.6 Å². The minimum absolute atomic E-state index is 0.0671. The number of nitrogens with zero attached hydrogens (tertiary/aromatic N) is 3. The van der Waals surface area contributed by atoms with Gasteiger partial charge in [0.15, 0.2) is 11.6 Å². The molecule has 2 aliphatic rings. The van der Waals surface area contributed by atoms with Crippen molar-refractivity contribution in [1.82, 2.24) is 14.8 Å². The number of nitrogens with one attached hydrogen (secondary N) is 1. The molecule has 3 heterocycles. The average molecular weight is 598 g/mol. The van der Waals surface area contributed by atoms with Gasteiger partial charge in [-0.1, -0.05) is 32.4 Å². The highest BCUT2D eigenvalue weighted by Crippen LogP contribution is 2.29. The van der Waals surface area contributed by atoms with Gasteiger partial charge in [0.05, 0.1) is 16.3 Å². The first kappa shape index (κ1) is 29.4. The molecule has 11 nitrogen and oxygen atoms in total. The molecule has 4 rings (SSSR count). The number of carbonyl (C=O) groups is 3. The number of sulfonamides is 1. The molecule has 2 aliphatic heterocycles. The summed E-state index contributed by atoms with van der Waals surface area (Å²) in [4.78, 5) is 43.8. The number of aromatic nitrogens is 1. The minimum Gasteiger partial charge on any atom is -0.443 e. The number of amides is 3. The smallest absolute Gasteiger partial charge is 0.410 e. The zero-order chi connectivity index (χ0) is 29.6. The largest absolute Gasteiger partial charge is 0.443 e. The van der Waals surface area contributed by atoms with E-state index >= 15 is 0 Å². The second-order valence-corrected chi connectivity index (χ2v) is 12.4. The van der Waals surface area contributed by atoms with Gasteiger partial charge in [-0.15, -0.1) is 0 Å². The average Bonchev–Trinajstić information content (AvgIpc) is 3.43. The summed E-state index contributed by atoms with van der Waals surface area (Å²) in [6, 6.07) is 3.12.